The second kappa shape index (κ2) is 6.36. The Hall–Kier alpha value is -1.36. The Balaban J connectivity index is 2.19. The lowest BCUT2D eigenvalue weighted by Gasteiger charge is -2.46. The number of alkyl halides is 3. The van der Waals surface area contributed by atoms with Gasteiger partial charge in [0.05, 0.1) is 6.04 Å². The summed E-state index contributed by atoms with van der Waals surface area (Å²) in [6.07, 6.45) is 0.257. The molecular weight excluding hydrogens is 397 g/mol. The van der Waals surface area contributed by atoms with Crippen LogP contribution in [0.3, 0.4) is 0 Å². The van der Waals surface area contributed by atoms with E-state index < -0.39 is 21.2 Å². The van der Waals surface area contributed by atoms with E-state index in [2.05, 4.69) is 0 Å². The van der Waals surface area contributed by atoms with Gasteiger partial charge < -0.3 is 4.90 Å². The van der Waals surface area contributed by atoms with Crippen molar-refractivity contribution in [1.82, 2.24) is 4.90 Å². The molecule has 1 aromatic carbocycles. The lowest BCUT2D eigenvalue weighted by atomic mass is 9.70. The summed E-state index contributed by atoms with van der Waals surface area (Å²) in [5.41, 5.74) is 1.03. The van der Waals surface area contributed by atoms with Crippen LogP contribution >= 0.6 is 34.8 Å². The first kappa shape index (κ1) is 19.4. The van der Waals surface area contributed by atoms with Gasteiger partial charge in [0.15, 0.2) is 11.6 Å². The average Bonchev–Trinajstić information content (AvgIpc) is 2.56. The van der Waals surface area contributed by atoms with Crippen LogP contribution in [-0.4, -0.2) is 38.8 Å². The standard InChI is InChI=1S/C19H18Cl3NO3/c1-18(2,3)16-13-12(8-9-23(16)17(26)19(20,21)22)14(24)10-6-4-5-7-11(10)15(13)25/h4-7,16H,8-9H2,1-3H3. The van der Waals surface area contributed by atoms with E-state index in [-0.39, 0.29) is 24.5 Å². The minimum absolute atomic E-state index is 0.162. The molecule has 0 saturated heterocycles. The summed E-state index contributed by atoms with van der Waals surface area (Å²) in [5, 5.41) is 0. The second-order valence-electron chi connectivity index (χ2n) is 7.61. The zero-order valence-corrected chi connectivity index (χ0v) is 16.9. The summed E-state index contributed by atoms with van der Waals surface area (Å²) >= 11 is 17.5. The van der Waals surface area contributed by atoms with Crippen LogP contribution in [0.4, 0.5) is 0 Å². The van der Waals surface area contributed by atoms with Gasteiger partial charge in [-0.2, -0.15) is 0 Å². The van der Waals surface area contributed by atoms with Gasteiger partial charge in [-0.1, -0.05) is 79.8 Å². The number of halogens is 3. The fraction of sp³-hybridized carbons (Fsp3) is 0.421. The first-order chi connectivity index (χ1) is 11.9. The van der Waals surface area contributed by atoms with Gasteiger partial charge in [-0.05, 0) is 11.8 Å². The Kier molecular flexibility index (Phi) is 4.75. The Labute approximate surface area is 167 Å². The Morgan fingerprint density at radius 1 is 1.04 bits per heavy atom. The number of hydrogen-bond donors (Lipinski definition) is 0. The van der Waals surface area contributed by atoms with Gasteiger partial charge in [-0.3, -0.25) is 14.4 Å². The molecule has 2 aliphatic rings. The van der Waals surface area contributed by atoms with E-state index in [9.17, 15) is 14.4 Å². The number of hydrogen-bond acceptors (Lipinski definition) is 3. The van der Waals surface area contributed by atoms with Crippen molar-refractivity contribution in [3.63, 3.8) is 0 Å². The molecule has 1 unspecified atom stereocenters. The highest BCUT2D eigenvalue weighted by Crippen LogP contribution is 2.43. The highest BCUT2D eigenvalue weighted by molar-refractivity contribution is 6.76. The largest absolute Gasteiger partial charge is 0.331 e. The molecule has 1 atom stereocenters. The molecule has 4 nitrogen and oxygen atoms in total. The fourth-order valence-corrected chi connectivity index (χ4v) is 4.11. The van der Waals surface area contributed by atoms with E-state index in [1.807, 2.05) is 20.8 Å². The van der Waals surface area contributed by atoms with E-state index >= 15 is 0 Å². The van der Waals surface area contributed by atoms with Crippen LogP contribution in [0.2, 0.25) is 0 Å². The smallest absolute Gasteiger partial charge is 0.275 e. The molecule has 7 heteroatoms. The molecule has 0 N–H and O–H groups in total. The number of nitrogens with zero attached hydrogens (tertiary/aromatic N) is 1. The summed E-state index contributed by atoms with van der Waals surface area (Å²) < 4.78 is -2.12. The van der Waals surface area contributed by atoms with Crippen LogP contribution < -0.4 is 0 Å². The van der Waals surface area contributed by atoms with Gasteiger partial charge in [0, 0.05) is 28.8 Å². The lowest BCUT2D eigenvalue weighted by Crippen LogP contribution is -2.56. The van der Waals surface area contributed by atoms with Crippen LogP contribution in [-0.2, 0) is 4.79 Å². The van der Waals surface area contributed by atoms with Crippen molar-refractivity contribution in [3.05, 3.63) is 46.5 Å². The number of ketones is 2. The molecule has 3 rings (SSSR count). The zero-order valence-electron chi connectivity index (χ0n) is 14.6. The van der Waals surface area contributed by atoms with Gasteiger partial charge in [0.2, 0.25) is 0 Å². The maximum Gasteiger partial charge on any atom is 0.275 e. The summed E-state index contributed by atoms with van der Waals surface area (Å²) in [7, 11) is 0. The highest BCUT2D eigenvalue weighted by Gasteiger charge is 2.49. The predicted octanol–water partition coefficient (Wildman–Crippen LogP) is 4.38. The summed E-state index contributed by atoms with van der Waals surface area (Å²) in [5.74, 6) is -1.09. The third-order valence-electron chi connectivity index (χ3n) is 4.77. The van der Waals surface area contributed by atoms with E-state index in [1.165, 1.54) is 4.90 Å². The molecular formula is C19H18Cl3NO3. The van der Waals surface area contributed by atoms with Crippen LogP contribution in [0.5, 0.6) is 0 Å². The molecule has 1 aromatic rings. The number of benzene rings is 1. The molecule has 0 fully saturated rings. The average molecular weight is 415 g/mol. The first-order valence-corrected chi connectivity index (χ1v) is 9.37. The molecule has 0 radical (unpaired) electrons. The fourth-order valence-electron chi connectivity index (χ4n) is 3.78. The topological polar surface area (TPSA) is 54.5 Å². The van der Waals surface area contributed by atoms with Gasteiger partial charge in [0.25, 0.3) is 9.70 Å². The maximum atomic E-state index is 13.2. The second-order valence-corrected chi connectivity index (χ2v) is 9.89. The normalized spacial score (nSPS) is 20.8. The molecule has 26 heavy (non-hydrogen) atoms. The van der Waals surface area contributed by atoms with Crippen molar-refractivity contribution in [2.24, 2.45) is 5.41 Å². The van der Waals surface area contributed by atoms with Gasteiger partial charge in [0.1, 0.15) is 0 Å². The molecule has 0 aromatic heterocycles. The summed E-state index contributed by atoms with van der Waals surface area (Å²) in [4.78, 5) is 40.3. The molecule has 0 bridgehead atoms. The van der Waals surface area contributed by atoms with Crippen LogP contribution in [0, 0.1) is 5.41 Å². The number of carbonyl (C=O) groups is 3. The van der Waals surface area contributed by atoms with Crippen molar-refractivity contribution < 1.29 is 14.4 Å². The van der Waals surface area contributed by atoms with Crippen LogP contribution in [0.15, 0.2) is 35.4 Å². The lowest BCUT2D eigenvalue weighted by molar-refractivity contribution is -0.134. The number of rotatable bonds is 0. The minimum Gasteiger partial charge on any atom is -0.331 e. The van der Waals surface area contributed by atoms with Crippen molar-refractivity contribution in [3.8, 4) is 0 Å². The van der Waals surface area contributed by atoms with E-state index in [0.717, 1.165) is 0 Å². The SMILES string of the molecule is CC(C)(C)C1C2=C(CCN1C(=O)C(Cl)(Cl)Cl)C(=O)c1ccccc1C2=O. The van der Waals surface area contributed by atoms with Crippen LogP contribution in [0.25, 0.3) is 0 Å². The Morgan fingerprint density at radius 2 is 1.58 bits per heavy atom. The van der Waals surface area contributed by atoms with Crippen LogP contribution in [0.1, 0.15) is 47.9 Å². The summed E-state index contributed by atoms with van der Waals surface area (Å²) in [6, 6.07) is 6.09. The summed E-state index contributed by atoms with van der Waals surface area (Å²) in [6.45, 7) is 5.90. The highest BCUT2D eigenvalue weighted by atomic mass is 35.6. The molecule has 1 aliphatic heterocycles. The molecule has 1 aliphatic carbocycles. The minimum atomic E-state index is -2.12. The first-order valence-electron chi connectivity index (χ1n) is 8.24. The van der Waals surface area contributed by atoms with Crippen molar-refractivity contribution in [2.45, 2.75) is 37.0 Å². The zero-order chi connectivity index (χ0) is 19.4. The molecule has 0 spiro atoms. The van der Waals surface area contributed by atoms with Gasteiger partial charge in [-0.25, -0.2) is 0 Å². The molecule has 1 amide bonds. The quantitative estimate of drug-likeness (QED) is 0.592. The number of fused-ring (bicyclic) bond motifs is 1. The van der Waals surface area contributed by atoms with Crippen molar-refractivity contribution in [2.75, 3.05) is 6.54 Å². The van der Waals surface area contributed by atoms with Crippen molar-refractivity contribution >= 4 is 52.3 Å². The van der Waals surface area contributed by atoms with E-state index in [1.54, 1.807) is 24.3 Å². The number of Topliss-reactive ketones (excluding diaryl/α,β-unsaturated/α-hetero) is 2. The van der Waals surface area contributed by atoms with Gasteiger partial charge in [-0.15, -0.1) is 0 Å². The monoisotopic (exact) mass is 413 g/mol. The maximum absolute atomic E-state index is 13.2. The van der Waals surface area contributed by atoms with Gasteiger partial charge >= 0.3 is 0 Å². The molecule has 1 heterocycles. The third kappa shape index (κ3) is 3.08. The number of carbonyl (C=O) groups excluding carboxylic acids is 3. The molecule has 0 saturated carbocycles. The Bertz CT molecular complexity index is 846. The third-order valence-corrected chi connectivity index (χ3v) is 5.26. The van der Waals surface area contributed by atoms with Crippen molar-refractivity contribution in [1.29, 1.82) is 0 Å². The number of amides is 1. The van der Waals surface area contributed by atoms with E-state index in [4.69, 9.17) is 34.8 Å². The predicted molar refractivity (Wildman–Crippen MR) is 102 cm³/mol. The Morgan fingerprint density at radius 3 is 2.08 bits per heavy atom. The van der Waals surface area contributed by atoms with E-state index in [0.29, 0.717) is 22.3 Å². The molecule has 138 valence electrons.